The summed E-state index contributed by atoms with van der Waals surface area (Å²) >= 11 is 0. The number of nitrogens with zero attached hydrogens (tertiary/aromatic N) is 1. The molecule has 84 valence electrons. The molecule has 1 heterocycles. The lowest BCUT2D eigenvalue weighted by molar-refractivity contribution is 0.445. The standard InChI is InChI=1S/C9H20N2O2S/c1-3-9-4-5-11(7-9)14(12,13)8(2)6-10/h8-9H,3-7,10H2,1-2H3. The highest BCUT2D eigenvalue weighted by Crippen LogP contribution is 2.23. The molecule has 0 aromatic rings. The van der Waals surface area contributed by atoms with E-state index in [1.54, 1.807) is 11.2 Å². The number of hydrogen-bond acceptors (Lipinski definition) is 3. The van der Waals surface area contributed by atoms with Crippen LogP contribution in [0.2, 0.25) is 0 Å². The van der Waals surface area contributed by atoms with E-state index >= 15 is 0 Å². The second kappa shape index (κ2) is 4.59. The highest BCUT2D eigenvalue weighted by Gasteiger charge is 2.33. The molecule has 0 spiro atoms. The van der Waals surface area contributed by atoms with Gasteiger partial charge in [0.05, 0.1) is 5.25 Å². The summed E-state index contributed by atoms with van der Waals surface area (Å²) in [4.78, 5) is 0. The Hall–Kier alpha value is -0.130. The lowest BCUT2D eigenvalue weighted by atomic mass is 10.1. The monoisotopic (exact) mass is 220 g/mol. The Kier molecular flexibility index (Phi) is 3.92. The first kappa shape index (κ1) is 11.9. The molecule has 0 amide bonds. The highest BCUT2D eigenvalue weighted by molar-refractivity contribution is 7.89. The fourth-order valence-corrected chi connectivity index (χ4v) is 3.27. The Morgan fingerprint density at radius 2 is 2.21 bits per heavy atom. The molecule has 14 heavy (non-hydrogen) atoms. The molecule has 0 saturated carbocycles. The second-order valence-corrected chi connectivity index (χ2v) is 6.36. The molecule has 0 aromatic heterocycles. The molecule has 4 nitrogen and oxygen atoms in total. The molecule has 2 unspecified atom stereocenters. The first-order valence-electron chi connectivity index (χ1n) is 5.21. The molecule has 0 bridgehead atoms. The van der Waals surface area contributed by atoms with Crippen LogP contribution in [0.15, 0.2) is 0 Å². The van der Waals surface area contributed by atoms with Crippen molar-refractivity contribution in [1.82, 2.24) is 4.31 Å². The smallest absolute Gasteiger partial charge is 0.217 e. The van der Waals surface area contributed by atoms with Crippen LogP contribution in [0.5, 0.6) is 0 Å². The Bertz CT molecular complexity index is 277. The third-order valence-electron chi connectivity index (χ3n) is 3.03. The molecule has 1 aliphatic heterocycles. The van der Waals surface area contributed by atoms with E-state index in [0.29, 0.717) is 19.0 Å². The van der Waals surface area contributed by atoms with Gasteiger partial charge >= 0.3 is 0 Å². The van der Waals surface area contributed by atoms with E-state index in [1.165, 1.54) is 0 Å². The predicted octanol–water partition coefficient (Wildman–Crippen LogP) is 0.395. The van der Waals surface area contributed by atoms with Crippen LogP contribution >= 0.6 is 0 Å². The summed E-state index contributed by atoms with van der Waals surface area (Å²) in [6.45, 7) is 5.34. The van der Waals surface area contributed by atoms with Crippen molar-refractivity contribution in [2.75, 3.05) is 19.6 Å². The van der Waals surface area contributed by atoms with E-state index in [1.807, 2.05) is 0 Å². The van der Waals surface area contributed by atoms with Gasteiger partial charge in [0, 0.05) is 19.6 Å². The number of sulfonamides is 1. The van der Waals surface area contributed by atoms with E-state index in [0.717, 1.165) is 12.8 Å². The predicted molar refractivity (Wildman–Crippen MR) is 57.4 cm³/mol. The average molecular weight is 220 g/mol. The van der Waals surface area contributed by atoms with E-state index in [-0.39, 0.29) is 6.54 Å². The minimum absolute atomic E-state index is 0.204. The van der Waals surface area contributed by atoms with E-state index in [2.05, 4.69) is 6.92 Å². The minimum Gasteiger partial charge on any atom is -0.329 e. The SMILES string of the molecule is CCC1CCN(S(=O)(=O)C(C)CN)C1. The van der Waals surface area contributed by atoms with Gasteiger partial charge in [-0.2, -0.15) is 0 Å². The van der Waals surface area contributed by atoms with Crippen LogP contribution in [-0.2, 0) is 10.0 Å². The summed E-state index contributed by atoms with van der Waals surface area (Å²) in [5, 5.41) is -0.446. The van der Waals surface area contributed by atoms with Crippen molar-refractivity contribution in [3.63, 3.8) is 0 Å². The molecular weight excluding hydrogens is 200 g/mol. The van der Waals surface area contributed by atoms with Crippen LogP contribution in [0.3, 0.4) is 0 Å². The Morgan fingerprint density at radius 3 is 2.64 bits per heavy atom. The van der Waals surface area contributed by atoms with Crippen LogP contribution in [-0.4, -0.2) is 37.6 Å². The molecule has 1 rings (SSSR count). The van der Waals surface area contributed by atoms with Gasteiger partial charge < -0.3 is 5.73 Å². The van der Waals surface area contributed by atoms with Gasteiger partial charge in [-0.1, -0.05) is 13.3 Å². The maximum absolute atomic E-state index is 11.9. The fourth-order valence-electron chi connectivity index (χ4n) is 1.74. The second-order valence-electron chi connectivity index (χ2n) is 4.01. The molecular formula is C9H20N2O2S. The maximum Gasteiger partial charge on any atom is 0.217 e. The summed E-state index contributed by atoms with van der Waals surface area (Å²) in [5.74, 6) is 0.537. The van der Waals surface area contributed by atoms with E-state index in [9.17, 15) is 8.42 Å². The molecule has 2 atom stereocenters. The van der Waals surface area contributed by atoms with Gasteiger partial charge in [0.1, 0.15) is 0 Å². The van der Waals surface area contributed by atoms with Gasteiger partial charge in [0.2, 0.25) is 10.0 Å². The van der Waals surface area contributed by atoms with Crippen molar-refractivity contribution in [3.8, 4) is 0 Å². The first-order valence-corrected chi connectivity index (χ1v) is 6.71. The number of nitrogens with two attached hydrogens (primary N) is 1. The fraction of sp³-hybridized carbons (Fsp3) is 1.00. The molecule has 0 aromatic carbocycles. The Balaban J connectivity index is 2.66. The summed E-state index contributed by atoms with van der Waals surface area (Å²) in [5.41, 5.74) is 5.39. The number of hydrogen-bond donors (Lipinski definition) is 1. The van der Waals surface area contributed by atoms with Crippen molar-refractivity contribution in [1.29, 1.82) is 0 Å². The minimum atomic E-state index is -3.12. The van der Waals surface area contributed by atoms with Crippen molar-refractivity contribution in [3.05, 3.63) is 0 Å². The Labute approximate surface area is 86.5 Å². The number of rotatable bonds is 4. The van der Waals surface area contributed by atoms with Gasteiger partial charge in [0.25, 0.3) is 0 Å². The summed E-state index contributed by atoms with van der Waals surface area (Å²) in [6.07, 6.45) is 2.05. The highest BCUT2D eigenvalue weighted by atomic mass is 32.2. The van der Waals surface area contributed by atoms with Crippen LogP contribution in [0, 0.1) is 5.92 Å². The van der Waals surface area contributed by atoms with Crippen molar-refractivity contribution in [2.24, 2.45) is 11.7 Å². The lowest BCUT2D eigenvalue weighted by Gasteiger charge is -2.20. The summed E-state index contributed by atoms with van der Waals surface area (Å²) in [6, 6.07) is 0. The zero-order chi connectivity index (χ0) is 10.8. The normalized spacial score (nSPS) is 26.6. The van der Waals surface area contributed by atoms with E-state index < -0.39 is 15.3 Å². The molecule has 0 aliphatic carbocycles. The van der Waals surface area contributed by atoms with E-state index in [4.69, 9.17) is 5.73 Å². The summed E-state index contributed by atoms with van der Waals surface area (Å²) in [7, 11) is -3.12. The molecule has 0 radical (unpaired) electrons. The topological polar surface area (TPSA) is 63.4 Å². The van der Waals surface area contributed by atoms with Gasteiger partial charge in [-0.05, 0) is 19.3 Å². The first-order chi connectivity index (χ1) is 6.52. The van der Waals surface area contributed by atoms with Crippen molar-refractivity contribution < 1.29 is 8.42 Å². The average Bonchev–Trinajstić information content (AvgIpc) is 2.65. The van der Waals surface area contributed by atoms with Crippen molar-refractivity contribution in [2.45, 2.75) is 31.9 Å². The third kappa shape index (κ3) is 2.27. The quantitative estimate of drug-likeness (QED) is 0.745. The van der Waals surface area contributed by atoms with Gasteiger partial charge in [0.15, 0.2) is 0 Å². The van der Waals surface area contributed by atoms with Crippen LogP contribution in [0.25, 0.3) is 0 Å². The molecule has 1 saturated heterocycles. The van der Waals surface area contributed by atoms with Gasteiger partial charge in [-0.15, -0.1) is 0 Å². The molecule has 1 fully saturated rings. The molecule has 1 aliphatic rings. The Morgan fingerprint density at radius 1 is 1.57 bits per heavy atom. The third-order valence-corrected chi connectivity index (χ3v) is 5.29. The summed E-state index contributed by atoms with van der Waals surface area (Å²) < 4.78 is 25.3. The van der Waals surface area contributed by atoms with Crippen LogP contribution < -0.4 is 5.73 Å². The molecule has 2 N–H and O–H groups in total. The largest absolute Gasteiger partial charge is 0.329 e. The van der Waals surface area contributed by atoms with Crippen LogP contribution in [0.1, 0.15) is 26.7 Å². The van der Waals surface area contributed by atoms with Gasteiger partial charge in [-0.3, -0.25) is 0 Å². The maximum atomic E-state index is 11.9. The zero-order valence-corrected chi connectivity index (χ0v) is 9.76. The van der Waals surface area contributed by atoms with Crippen LogP contribution in [0.4, 0.5) is 0 Å². The van der Waals surface area contributed by atoms with Crippen molar-refractivity contribution >= 4 is 10.0 Å². The lowest BCUT2D eigenvalue weighted by Crippen LogP contribution is -2.39. The zero-order valence-electron chi connectivity index (χ0n) is 8.94. The van der Waals surface area contributed by atoms with Gasteiger partial charge in [-0.25, -0.2) is 12.7 Å². The molecule has 5 heteroatoms.